The number of rotatable bonds is 3. The largest absolute Gasteiger partial charge is 0.378 e. The van der Waals surface area contributed by atoms with Gasteiger partial charge in [0.05, 0.1) is 57.2 Å². The van der Waals surface area contributed by atoms with Crippen molar-refractivity contribution in [1.29, 1.82) is 0 Å². The van der Waals surface area contributed by atoms with E-state index in [0.717, 1.165) is 70.6 Å². The van der Waals surface area contributed by atoms with Gasteiger partial charge in [0.25, 0.3) is 0 Å². The van der Waals surface area contributed by atoms with Gasteiger partial charge in [0.2, 0.25) is 11.8 Å². The lowest BCUT2D eigenvalue weighted by atomic mass is 9.94. The molecule has 0 atom stereocenters. The van der Waals surface area contributed by atoms with Crippen LogP contribution in [0.1, 0.15) is 25.7 Å². The fourth-order valence-corrected chi connectivity index (χ4v) is 6.67. The summed E-state index contributed by atoms with van der Waals surface area (Å²) in [5.41, 5.74) is 0.829. The Morgan fingerprint density at radius 3 is 1.44 bits per heavy atom. The van der Waals surface area contributed by atoms with E-state index in [9.17, 15) is 9.59 Å². The van der Waals surface area contributed by atoms with Crippen molar-refractivity contribution in [3.8, 4) is 0 Å². The number of amides is 2. The second kappa shape index (κ2) is 18.6. The van der Waals surface area contributed by atoms with Crippen molar-refractivity contribution in [2.45, 2.75) is 25.7 Å². The fraction of sp³-hybridized carbons (Fsp3) is 0.600. The summed E-state index contributed by atoms with van der Waals surface area (Å²) in [6, 6.07) is 0. The van der Waals surface area contributed by atoms with Crippen LogP contribution in [0.3, 0.4) is 0 Å². The van der Waals surface area contributed by atoms with Crippen LogP contribution in [0.4, 0.5) is 5.69 Å². The van der Waals surface area contributed by atoms with Crippen molar-refractivity contribution in [3.05, 3.63) is 49.9 Å². The average Bonchev–Trinajstić information content (AvgIpc) is 3.08. The van der Waals surface area contributed by atoms with Crippen LogP contribution >= 0.6 is 58.0 Å². The van der Waals surface area contributed by atoms with E-state index < -0.39 is 0 Å². The maximum absolute atomic E-state index is 12.5. The van der Waals surface area contributed by atoms with Crippen molar-refractivity contribution in [3.63, 3.8) is 0 Å². The molecule has 0 unspecified atom stereocenters. The first-order valence-electron chi connectivity index (χ1n) is 15.2. The standard InChI is InChI=1S/C15H19Cl2N3O2.C10H18N2O2.C5H2Cl3N/c16-12-9-18-10-13(17)14(12)19-3-1-11(2-4-19)15(21)20-5-7-22-8-6-20;13-10(9-1-3-11-4-2-9)12-5-7-14-8-6-12;6-3-1-9-2-4(7)5(3)8/h9-11H,1-8H2;9,11H,1-8H2;1-2H. The van der Waals surface area contributed by atoms with Crippen LogP contribution in [0.25, 0.3) is 0 Å². The van der Waals surface area contributed by atoms with Gasteiger partial charge in [0, 0.05) is 75.9 Å². The predicted octanol–water partition coefficient (Wildman–Crippen LogP) is 5.35. The number of hydrogen-bond acceptors (Lipinski definition) is 8. The smallest absolute Gasteiger partial charge is 0.225 e. The van der Waals surface area contributed by atoms with E-state index in [2.05, 4.69) is 20.2 Å². The molecule has 45 heavy (non-hydrogen) atoms. The first-order valence-corrected chi connectivity index (χ1v) is 17.1. The third kappa shape index (κ3) is 10.7. The quantitative estimate of drug-likeness (QED) is 0.453. The van der Waals surface area contributed by atoms with E-state index in [1.807, 2.05) is 9.80 Å². The minimum absolute atomic E-state index is 0.0914. The number of morpholine rings is 2. The highest BCUT2D eigenvalue weighted by Gasteiger charge is 2.31. The van der Waals surface area contributed by atoms with E-state index in [1.165, 1.54) is 12.4 Å². The monoisotopic (exact) mass is 722 g/mol. The van der Waals surface area contributed by atoms with Gasteiger partial charge in [-0.15, -0.1) is 0 Å². The van der Waals surface area contributed by atoms with E-state index in [-0.39, 0.29) is 17.7 Å². The second-order valence-electron chi connectivity index (χ2n) is 11.0. The van der Waals surface area contributed by atoms with Crippen LogP contribution in [0.15, 0.2) is 24.8 Å². The summed E-state index contributed by atoms with van der Waals surface area (Å²) in [4.78, 5) is 38.2. The van der Waals surface area contributed by atoms with Crippen molar-refractivity contribution in [1.82, 2.24) is 25.1 Å². The fourth-order valence-electron chi connectivity index (χ4n) is 5.60. The molecule has 2 amide bonds. The summed E-state index contributed by atoms with van der Waals surface area (Å²) in [5.74, 6) is 0.952. The first-order chi connectivity index (χ1) is 21.8. The Morgan fingerprint density at radius 1 is 0.622 bits per heavy atom. The minimum atomic E-state index is 0.0914. The molecule has 4 fully saturated rings. The SMILES string of the molecule is Clc1cncc(Cl)c1Cl.O=C(C1CCN(c2c(Cl)cncc2Cl)CC1)N1CCOCC1.O=C(C1CCNCC1)N1CCOCC1. The Hall–Kier alpha value is -1.63. The maximum Gasteiger partial charge on any atom is 0.225 e. The third-order valence-corrected chi connectivity index (χ3v) is 9.84. The number of aromatic nitrogens is 2. The summed E-state index contributed by atoms with van der Waals surface area (Å²) in [7, 11) is 0. The van der Waals surface area contributed by atoms with Crippen LogP contribution < -0.4 is 10.2 Å². The molecule has 6 heterocycles. The van der Waals surface area contributed by atoms with Crippen molar-refractivity contribution in [2.75, 3.05) is 83.7 Å². The number of ether oxygens (including phenoxy) is 2. The molecule has 0 radical (unpaired) electrons. The Morgan fingerprint density at radius 2 is 1.02 bits per heavy atom. The van der Waals surface area contributed by atoms with Crippen molar-refractivity contribution in [2.24, 2.45) is 11.8 Å². The molecular weight excluding hydrogens is 686 g/mol. The number of carbonyl (C=O) groups excluding carboxylic acids is 2. The summed E-state index contributed by atoms with van der Waals surface area (Å²) >= 11 is 29.1. The van der Waals surface area contributed by atoms with Gasteiger partial charge in [-0.25, -0.2) is 0 Å². The summed E-state index contributed by atoms with van der Waals surface area (Å²) in [6.07, 6.45) is 9.73. The highest BCUT2D eigenvalue weighted by atomic mass is 35.5. The molecule has 2 aromatic rings. The van der Waals surface area contributed by atoms with E-state index in [0.29, 0.717) is 70.5 Å². The molecular formula is C30H39Cl5N6O4. The maximum atomic E-state index is 12.5. The highest BCUT2D eigenvalue weighted by Crippen LogP contribution is 2.35. The molecule has 0 aliphatic carbocycles. The van der Waals surface area contributed by atoms with E-state index in [4.69, 9.17) is 67.5 Å². The Labute approximate surface area is 289 Å². The normalized spacial score (nSPS) is 19.6. The van der Waals surface area contributed by atoms with Gasteiger partial charge in [-0.1, -0.05) is 58.0 Å². The number of nitrogens with zero attached hydrogens (tertiary/aromatic N) is 5. The molecule has 0 aromatic carbocycles. The zero-order valence-corrected chi connectivity index (χ0v) is 28.8. The lowest BCUT2D eigenvalue weighted by Gasteiger charge is -2.36. The summed E-state index contributed by atoms with van der Waals surface area (Å²) in [5, 5.41) is 5.51. The Kier molecular flexibility index (Phi) is 15.0. The molecule has 4 aliphatic heterocycles. The lowest BCUT2D eigenvalue weighted by molar-refractivity contribution is -0.141. The zero-order valence-electron chi connectivity index (χ0n) is 25.0. The van der Waals surface area contributed by atoms with Crippen LogP contribution in [-0.4, -0.2) is 110 Å². The minimum Gasteiger partial charge on any atom is -0.378 e. The molecule has 15 heteroatoms. The third-order valence-electron chi connectivity index (χ3n) is 8.12. The van der Waals surface area contributed by atoms with Crippen LogP contribution in [0, 0.1) is 11.8 Å². The molecule has 0 bridgehead atoms. The van der Waals surface area contributed by atoms with Gasteiger partial charge in [-0.3, -0.25) is 19.6 Å². The molecule has 4 saturated heterocycles. The van der Waals surface area contributed by atoms with E-state index in [1.54, 1.807) is 12.4 Å². The number of anilines is 1. The number of halogens is 5. The molecule has 1 N–H and O–H groups in total. The Bertz CT molecular complexity index is 1190. The van der Waals surface area contributed by atoms with Gasteiger partial charge in [0.15, 0.2) is 0 Å². The number of piperidine rings is 2. The number of nitrogens with one attached hydrogen (secondary N) is 1. The predicted molar refractivity (Wildman–Crippen MR) is 179 cm³/mol. The molecule has 248 valence electrons. The van der Waals surface area contributed by atoms with Crippen molar-refractivity contribution >= 4 is 75.5 Å². The van der Waals surface area contributed by atoms with Crippen LogP contribution in [0.5, 0.6) is 0 Å². The summed E-state index contributed by atoms with van der Waals surface area (Å²) in [6.45, 7) is 9.22. The van der Waals surface area contributed by atoms with Gasteiger partial charge in [-0.05, 0) is 38.8 Å². The molecule has 10 nitrogen and oxygen atoms in total. The van der Waals surface area contributed by atoms with Crippen molar-refractivity contribution < 1.29 is 19.1 Å². The zero-order chi connectivity index (χ0) is 32.2. The van der Waals surface area contributed by atoms with Gasteiger partial charge < -0.3 is 29.5 Å². The Balaban J connectivity index is 0.000000171. The molecule has 2 aromatic heterocycles. The number of carbonyl (C=O) groups is 2. The first kappa shape index (κ1) is 36.2. The molecule has 4 aliphatic rings. The van der Waals surface area contributed by atoms with Gasteiger partial charge >= 0.3 is 0 Å². The van der Waals surface area contributed by atoms with Crippen LogP contribution in [0.2, 0.25) is 25.1 Å². The second-order valence-corrected chi connectivity index (χ2v) is 13.0. The van der Waals surface area contributed by atoms with E-state index >= 15 is 0 Å². The lowest BCUT2D eigenvalue weighted by Crippen LogP contribution is -2.46. The van der Waals surface area contributed by atoms with Gasteiger partial charge in [0.1, 0.15) is 0 Å². The number of pyridine rings is 2. The number of hydrogen-bond donors (Lipinski definition) is 1. The molecule has 0 spiro atoms. The highest BCUT2D eigenvalue weighted by molar-refractivity contribution is 6.47. The van der Waals surface area contributed by atoms with Crippen LogP contribution in [-0.2, 0) is 19.1 Å². The topological polar surface area (TPSA) is 100 Å². The molecule has 6 rings (SSSR count). The molecule has 0 saturated carbocycles. The van der Waals surface area contributed by atoms with Gasteiger partial charge in [-0.2, -0.15) is 0 Å². The average molecular weight is 725 g/mol. The summed E-state index contributed by atoms with van der Waals surface area (Å²) < 4.78 is 10.5.